The van der Waals surface area contributed by atoms with Crippen molar-refractivity contribution in [3.63, 3.8) is 0 Å². The molecule has 68 valence electrons. The fourth-order valence-electron chi connectivity index (χ4n) is 1.46. The number of halogens is 2. The lowest BCUT2D eigenvalue weighted by Gasteiger charge is -1.95. The maximum Gasteiger partial charge on any atom is 0.139 e. The number of fused-ring (bicyclic) bond motifs is 1. The molecule has 1 nitrogen and oxygen atoms in total. The van der Waals surface area contributed by atoms with E-state index in [0.717, 1.165) is 16.6 Å². The minimum atomic E-state index is -0.228. The van der Waals surface area contributed by atoms with Crippen molar-refractivity contribution in [3.8, 4) is 0 Å². The van der Waals surface area contributed by atoms with Crippen LogP contribution in [0.3, 0.4) is 0 Å². The SMILES string of the molecule is Cc1[nH]c2cc(F)c(Br)cc2c1C. The second kappa shape index (κ2) is 2.84. The zero-order valence-corrected chi connectivity index (χ0v) is 9.00. The first-order chi connectivity index (χ1) is 6.09. The summed E-state index contributed by atoms with van der Waals surface area (Å²) in [6, 6.07) is 3.32. The zero-order valence-electron chi connectivity index (χ0n) is 7.41. The standard InChI is InChI=1S/C10H9BrFN/c1-5-6(2)13-10-4-9(12)8(11)3-7(5)10/h3-4,13H,1-2H3. The van der Waals surface area contributed by atoms with Gasteiger partial charge in [0, 0.05) is 16.6 Å². The van der Waals surface area contributed by atoms with Crippen LogP contribution in [0.5, 0.6) is 0 Å². The quantitative estimate of drug-likeness (QED) is 0.725. The summed E-state index contributed by atoms with van der Waals surface area (Å²) in [5, 5.41) is 1.07. The monoisotopic (exact) mass is 241 g/mol. The van der Waals surface area contributed by atoms with E-state index in [1.165, 1.54) is 11.6 Å². The molecule has 0 spiro atoms. The molecule has 1 N–H and O–H groups in total. The van der Waals surface area contributed by atoms with Crippen LogP contribution in [0.4, 0.5) is 4.39 Å². The summed E-state index contributed by atoms with van der Waals surface area (Å²) in [5.41, 5.74) is 3.12. The predicted octanol–water partition coefficient (Wildman–Crippen LogP) is 3.69. The summed E-state index contributed by atoms with van der Waals surface area (Å²) >= 11 is 3.17. The Labute approximate surface area is 84.1 Å². The molecule has 0 aliphatic heterocycles. The van der Waals surface area contributed by atoms with Crippen LogP contribution in [0.2, 0.25) is 0 Å². The van der Waals surface area contributed by atoms with Crippen LogP contribution in [0, 0.1) is 19.7 Å². The molecule has 2 aromatic rings. The Kier molecular flexibility index (Phi) is 1.91. The first-order valence-electron chi connectivity index (χ1n) is 4.03. The predicted molar refractivity (Wildman–Crippen MR) is 55.4 cm³/mol. The molecular formula is C10H9BrFN. The first-order valence-corrected chi connectivity index (χ1v) is 4.83. The van der Waals surface area contributed by atoms with Gasteiger partial charge in [0.1, 0.15) is 5.82 Å². The van der Waals surface area contributed by atoms with Crippen LogP contribution in [-0.2, 0) is 0 Å². The van der Waals surface area contributed by atoms with Crippen LogP contribution in [-0.4, -0.2) is 4.98 Å². The van der Waals surface area contributed by atoms with Gasteiger partial charge in [0.15, 0.2) is 0 Å². The lowest BCUT2D eigenvalue weighted by molar-refractivity contribution is 0.623. The lowest BCUT2D eigenvalue weighted by Crippen LogP contribution is -1.77. The number of rotatable bonds is 0. The van der Waals surface area contributed by atoms with Crippen LogP contribution < -0.4 is 0 Å². The van der Waals surface area contributed by atoms with Gasteiger partial charge in [0.25, 0.3) is 0 Å². The van der Waals surface area contributed by atoms with E-state index < -0.39 is 0 Å². The number of aromatic nitrogens is 1. The van der Waals surface area contributed by atoms with E-state index in [1.54, 1.807) is 0 Å². The fourth-order valence-corrected chi connectivity index (χ4v) is 1.80. The van der Waals surface area contributed by atoms with Crippen molar-refractivity contribution < 1.29 is 4.39 Å². The van der Waals surface area contributed by atoms with Gasteiger partial charge in [-0.15, -0.1) is 0 Å². The largest absolute Gasteiger partial charge is 0.358 e. The van der Waals surface area contributed by atoms with Gasteiger partial charge in [-0.3, -0.25) is 0 Å². The van der Waals surface area contributed by atoms with E-state index in [2.05, 4.69) is 20.9 Å². The number of hydrogen-bond acceptors (Lipinski definition) is 0. The van der Waals surface area contributed by atoms with Crippen molar-refractivity contribution in [1.29, 1.82) is 0 Å². The van der Waals surface area contributed by atoms with Crippen LogP contribution in [0.1, 0.15) is 11.3 Å². The molecule has 0 radical (unpaired) electrons. The maximum absolute atomic E-state index is 13.1. The number of benzene rings is 1. The van der Waals surface area contributed by atoms with Crippen molar-refractivity contribution in [2.45, 2.75) is 13.8 Å². The molecule has 1 aromatic heterocycles. The van der Waals surface area contributed by atoms with Gasteiger partial charge in [-0.05, 0) is 47.5 Å². The summed E-state index contributed by atoms with van der Waals surface area (Å²) in [6.45, 7) is 4.01. The zero-order chi connectivity index (χ0) is 9.59. The molecule has 13 heavy (non-hydrogen) atoms. The van der Waals surface area contributed by atoms with Crippen molar-refractivity contribution in [2.75, 3.05) is 0 Å². The molecule has 0 bridgehead atoms. The Bertz CT molecular complexity index is 473. The van der Waals surface area contributed by atoms with Crippen LogP contribution in [0.15, 0.2) is 16.6 Å². The minimum Gasteiger partial charge on any atom is -0.358 e. The molecule has 0 aliphatic rings. The summed E-state index contributed by atoms with van der Waals surface area (Å²) in [4.78, 5) is 3.13. The Hall–Kier alpha value is -0.830. The number of nitrogens with one attached hydrogen (secondary N) is 1. The van der Waals surface area contributed by atoms with Crippen molar-refractivity contribution >= 4 is 26.8 Å². The van der Waals surface area contributed by atoms with Gasteiger partial charge in [-0.25, -0.2) is 4.39 Å². The Morgan fingerprint density at radius 2 is 2.00 bits per heavy atom. The maximum atomic E-state index is 13.1. The molecule has 1 heterocycles. The summed E-state index contributed by atoms with van der Waals surface area (Å²) in [6.07, 6.45) is 0. The molecule has 0 saturated heterocycles. The number of hydrogen-bond donors (Lipinski definition) is 1. The molecule has 0 unspecified atom stereocenters. The molecule has 0 saturated carbocycles. The van der Waals surface area contributed by atoms with Crippen molar-refractivity contribution in [1.82, 2.24) is 4.98 Å². The van der Waals surface area contributed by atoms with E-state index in [4.69, 9.17) is 0 Å². The summed E-state index contributed by atoms with van der Waals surface area (Å²) < 4.78 is 13.6. The number of aryl methyl sites for hydroxylation is 2. The van der Waals surface area contributed by atoms with Gasteiger partial charge >= 0.3 is 0 Å². The lowest BCUT2D eigenvalue weighted by atomic mass is 10.1. The van der Waals surface area contributed by atoms with Crippen LogP contribution >= 0.6 is 15.9 Å². The normalized spacial score (nSPS) is 11.1. The number of aromatic amines is 1. The molecule has 0 atom stereocenters. The van der Waals surface area contributed by atoms with E-state index in [1.807, 2.05) is 19.9 Å². The molecule has 0 aliphatic carbocycles. The van der Waals surface area contributed by atoms with Gasteiger partial charge in [0.2, 0.25) is 0 Å². The third kappa shape index (κ3) is 1.27. The molecular weight excluding hydrogens is 233 g/mol. The molecule has 2 rings (SSSR count). The average Bonchev–Trinajstić information content (AvgIpc) is 2.32. The highest BCUT2D eigenvalue weighted by molar-refractivity contribution is 9.10. The van der Waals surface area contributed by atoms with Crippen LogP contribution in [0.25, 0.3) is 10.9 Å². The highest BCUT2D eigenvalue weighted by Gasteiger charge is 2.07. The third-order valence-corrected chi connectivity index (χ3v) is 2.96. The topological polar surface area (TPSA) is 15.8 Å². The van der Waals surface area contributed by atoms with E-state index in [9.17, 15) is 4.39 Å². The highest BCUT2D eigenvalue weighted by atomic mass is 79.9. The molecule has 0 fully saturated rings. The van der Waals surface area contributed by atoms with Gasteiger partial charge in [-0.2, -0.15) is 0 Å². The van der Waals surface area contributed by atoms with Gasteiger partial charge in [0.05, 0.1) is 4.47 Å². The molecule has 1 aromatic carbocycles. The second-order valence-corrected chi connectivity index (χ2v) is 4.04. The Morgan fingerprint density at radius 3 is 2.69 bits per heavy atom. The fraction of sp³-hybridized carbons (Fsp3) is 0.200. The third-order valence-electron chi connectivity index (χ3n) is 2.35. The smallest absolute Gasteiger partial charge is 0.139 e. The summed E-state index contributed by atoms with van der Waals surface area (Å²) in [5.74, 6) is -0.228. The minimum absolute atomic E-state index is 0.228. The van der Waals surface area contributed by atoms with Crippen molar-refractivity contribution in [3.05, 3.63) is 33.7 Å². The van der Waals surface area contributed by atoms with E-state index >= 15 is 0 Å². The van der Waals surface area contributed by atoms with E-state index in [-0.39, 0.29) is 5.82 Å². The molecule has 0 amide bonds. The second-order valence-electron chi connectivity index (χ2n) is 3.19. The number of H-pyrrole nitrogens is 1. The van der Waals surface area contributed by atoms with Crippen molar-refractivity contribution in [2.24, 2.45) is 0 Å². The van der Waals surface area contributed by atoms with Gasteiger partial charge < -0.3 is 4.98 Å². The first kappa shape index (κ1) is 8.75. The summed E-state index contributed by atoms with van der Waals surface area (Å²) in [7, 11) is 0. The molecule has 3 heteroatoms. The Balaban J connectivity index is 2.89. The average molecular weight is 242 g/mol. The highest BCUT2D eigenvalue weighted by Crippen LogP contribution is 2.26. The van der Waals surface area contributed by atoms with E-state index in [0.29, 0.717) is 4.47 Å². The Morgan fingerprint density at radius 1 is 1.31 bits per heavy atom. The van der Waals surface area contributed by atoms with Gasteiger partial charge in [-0.1, -0.05) is 0 Å².